The van der Waals surface area contributed by atoms with E-state index < -0.39 is 5.79 Å². The maximum atomic E-state index is 7.56. The second-order valence-electron chi connectivity index (χ2n) is 11.9. The third-order valence-corrected chi connectivity index (χ3v) is 8.70. The SMILES string of the molecule is [C-]#[N+]c1ccc2c(c1)c1ccccc1n2-c1ccc2c(c1)-c1cc(-c3cccc4c3oc3ccccc34)ccc1OC(C)(C)O2. The van der Waals surface area contributed by atoms with E-state index in [0.29, 0.717) is 5.69 Å². The maximum absolute atomic E-state index is 7.56. The summed E-state index contributed by atoms with van der Waals surface area (Å²) in [6.07, 6.45) is 0. The topological polar surface area (TPSA) is 40.9 Å². The fourth-order valence-corrected chi connectivity index (χ4v) is 6.79. The smallest absolute Gasteiger partial charge is 0.245 e. The number of hydrogen-bond donors (Lipinski definition) is 0. The van der Waals surface area contributed by atoms with Crippen LogP contribution in [-0.2, 0) is 0 Å². The highest BCUT2D eigenvalue weighted by Gasteiger charge is 2.30. The molecule has 0 amide bonds. The minimum Gasteiger partial charge on any atom is -0.455 e. The average Bonchev–Trinajstić information content (AvgIpc) is 3.57. The van der Waals surface area contributed by atoms with Crippen LogP contribution in [0.5, 0.6) is 11.5 Å². The van der Waals surface area contributed by atoms with E-state index in [9.17, 15) is 0 Å². The maximum Gasteiger partial charge on any atom is 0.245 e. The van der Waals surface area contributed by atoms with Crippen molar-refractivity contribution in [2.75, 3.05) is 0 Å². The lowest BCUT2D eigenvalue weighted by Gasteiger charge is -2.25. The number of hydrogen-bond acceptors (Lipinski definition) is 3. The van der Waals surface area contributed by atoms with Crippen LogP contribution in [0.1, 0.15) is 13.8 Å². The van der Waals surface area contributed by atoms with E-state index in [4.69, 9.17) is 20.5 Å². The van der Waals surface area contributed by atoms with E-state index in [1.165, 1.54) is 0 Å². The molecule has 3 heterocycles. The van der Waals surface area contributed by atoms with Crippen molar-refractivity contribution in [2.45, 2.75) is 19.6 Å². The standard InChI is InChI=1S/C40H26N2O3/c1-40(2)44-37-19-15-24(27-11-8-12-30-29-10-5-7-14-36(29)43-39(27)30)21-32(37)33-23-26(17-20-38(33)45-40)42-34-13-6-4-9-28(34)31-22-25(41-3)16-18-35(31)42/h4-23H,1-2H3. The van der Waals surface area contributed by atoms with Gasteiger partial charge in [-0.2, -0.15) is 0 Å². The first-order valence-corrected chi connectivity index (χ1v) is 15.0. The molecule has 0 bridgehead atoms. The highest BCUT2D eigenvalue weighted by Crippen LogP contribution is 2.47. The molecule has 8 aromatic rings. The molecule has 1 aliphatic rings. The number of furan rings is 1. The predicted octanol–water partition coefficient (Wildman–Crippen LogP) is 11.1. The summed E-state index contributed by atoms with van der Waals surface area (Å²) in [5, 5.41) is 4.35. The van der Waals surface area contributed by atoms with Crippen LogP contribution in [0.25, 0.3) is 76.5 Å². The lowest BCUT2D eigenvalue weighted by atomic mass is 9.96. The molecule has 0 N–H and O–H groups in total. The van der Waals surface area contributed by atoms with Gasteiger partial charge in [-0.1, -0.05) is 66.7 Å². The second-order valence-corrected chi connectivity index (χ2v) is 11.9. The number of aromatic nitrogens is 1. The molecule has 1 aliphatic heterocycles. The minimum atomic E-state index is -0.870. The van der Waals surface area contributed by atoms with Gasteiger partial charge in [0.25, 0.3) is 0 Å². The summed E-state index contributed by atoms with van der Waals surface area (Å²) >= 11 is 0. The van der Waals surface area contributed by atoms with Crippen LogP contribution in [0.3, 0.4) is 0 Å². The van der Waals surface area contributed by atoms with E-state index in [1.807, 2.05) is 68.4 Å². The van der Waals surface area contributed by atoms with Gasteiger partial charge in [0.2, 0.25) is 5.79 Å². The van der Waals surface area contributed by atoms with Crippen molar-refractivity contribution in [3.8, 4) is 39.4 Å². The van der Waals surface area contributed by atoms with Crippen molar-refractivity contribution in [3.05, 3.63) is 133 Å². The molecule has 0 fully saturated rings. The first-order valence-electron chi connectivity index (χ1n) is 15.0. The number of nitrogens with zero attached hydrogens (tertiary/aromatic N) is 2. The molecule has 0 saturated heterocycles. The lowest BCUT2D eigenvalue weighted by Crippen LogP contribution is -2.34. The van der Waals surface area contributed by atoms with Gasteiger partial charge >= 0.3 is 0 Å². The average molecular weight is 583 g/mol. The van der Waals surface area contributed by atoms with Crippen molar-refractivity contribution in [2.24, 2.45) is 0 Å². The Labute approximate surface area is 259 Å². The van der Waals surface area contributed by atoms with Gasteiger partial charge in [0.05, 0.1) is 17.6 Å². The van der Waals surface area contributed by atoms with E-state index in [0.717, 1.165) is 83.2 Å². The summed E-state index contributed by atoms with van der Waals surface area (Å²) < 4.78 is 21.6. The molecule has 0 spiro atoms. The van der Waals surface area contributed by atoms with Crippen LogP contribution >= 0.6 is 0 Å². The summed E-state index contributed by atoms with van der Waals surface area (Å²) in [6, 6.07) is 41.3. The minimum absolute atomic E-state index is 0.626. The van der Waals surface area contributed by atoms with Gasteiger partial charge in [-0.05, 0) is 65.5 Å². The van der Waals surface area contributed by atoms with Crippen molar-refractivity contribution in [1.82, 2.24) is 4.57 Å². The Morgan fingerprint density at radius 2 is 1.31 bits per heavy atom. The van der Waals surface area contributed by atoms with Crippen LogP contribution in [-0.4, -0.2) is 10.4 Å². The Hall–Kier alpha value is -5.99. The first kappa shape index (κ1) is 25.5. The van der Waals surface area contributed by atoms with Gasteiger partial charge in [-0.3, -0.25) is 0 Å². The van der Waals surface area contributed by atoms with Crippen molar-refractivity contribution in [3.63, 3.8) is 0 Å². The summed E-state index contributed by atoms with van der Waals surface area (Å²) in [6.45, 7) is 11.4. The number of ether oxygens (including phenoxy) is 2. The second kappa shape index (κ2) is 9.25. The molecule has 2 aromatic heterocycles. The third-order valence-electron chi connectivity index (χ3n) is 8.70. The van der Waals surface area contributed by atoms with Gasteiger partial charge in [0.15, 0.2) is 5.69 Å². The van der Waals surface area contributed by atoms with Crippen molar-refractivity contribution in [1.29, 1.82) is 0 Å². The molecule has 0 radical (unpaired) electrons. The van der Waals surface area contributed by atoms with Gasteiger partial charge in [-0.25, -0.2) is 4.85 Å². The van der Waals surface area contributed by atoms with Crippen molar-refractivity contribution >= 4 is 49.4 Å². The largest absolute Gasteiger partial charge is 0.455 e. The molecule has 6 aromatic carbocycles. The molecule has 45 heavy (non-hydrogen) atoms. The monoisotopic (exact) mass is 582 g/mol. The summed E-state index contributed by atoms with van der Waals surface area (Å²) in [5.74, 6) is 0.628. The Bertz CT molecular complexity index is 2540. The van der Waals surface area contributed by atoms with Gasteiger partial charge in [0, 0.05) is 52.4 Å². The highest BCUT2D eigenvalue weighted by molar-refractivity contribution is 6.11. The Morgan fingerprint density at radius 1 is 0.600 bits per heavy atom. The molecule has 214 valence electrons. The Morgan fingerprint density at radius 3 is 2.16 bits per heavy atom. The van der Waals surface area contributed by atoms with Crippen LogP contribution in [0, 0.1) is 6.57 Å². The van der Waals surface area contributed by atoms with Gasteiger partial charge < -0.3 is 18.5 Å². The van der Waals surface area contributed by atoms with Crippen molar-refractivity contribution < 1.29 is 13.9 Å². The van der Waals surface area contributed by atoms with E-state index in [1.54, 1.807) is 0 Å². The predicted molar refractivity (Wildman–Crippen MR) is 181 cm³/mol. The van der Waals surface area contributed by atoms with Gasteiger partial charge in [-0.15, -0.1) is 0 Å². The fraction of sp³-hybridized carbons (Fsp3) is 0.0750. The van der Waals surface area contributed by atoms with E-state index >= 15 is 0 Å². The highest BCUT2D eigenvalue weighted by atomic mass is 16.7. The molecule has 0 aliphatic carbocycles. The third kappa shape index (κ3) is 3.86. The Balaban J connectivity index is 1.28. The normalized spacial score (nSPS) is 13.6. The number of para-hydroxylation sites is 3. The van der Waals surface area contributed by atoms with Crippen LogP contribution in [0.4, 0.5) is 5.69 Å². The number of benzene rings is 6. The lowest BCUT2D eigenvalue weighted by molar-refractivity contribution is -0.0778. The molecule has 0 saturated carbocycles. The zero-order valence-electron chi connectivity index (χ0n) is 24.7. The van der Waals surface area contributed by atoms with Crippen LogP contribution in [0.2, 0.25) is 0 Å². The van der Waals surface area contributed by atoms with Crippen LogP contribution < -0.4 is 9.47 Å². The van der Waals surface area contributed by atoms with Gasteiger partial charge in [0.1, 0.15) is 22.7 Å². The fourth-order valence-electron chi connectivity index (χ4n) is 6.79. The molecule has 0 atom stereocenters. The van der Waals surface area contributed by atoms with Crippen LogP contribution in [0.15, 0.2) is 126 Å². The molecule has 0 unspecified atom stereocenters. The first-order chi connectivity index (χ1) is 22.0. The number of fused-ring (bicyclic) bond motifs is 9. The molecule has 5 heteroatoms. The Kier molecular flexibility index (Phi) is 5.24. The molecule has 9 rings (SSSR count). The van der Waals surface area contributed by atoms with E-state index in [-0.39, 0.29) is 0 Å². The number of rotatable bonds is 2. The quantitative estimate of drug-likeness (QED) is 0.190. The summed E-state index contributed by atoms with van der Waals surface area (Å²) in [5.41, 5.74) is 9.41. The molecular formula is C40H26N2O3. The summed E-state index contributed by atoms with van der Waals surface area (Å²) in [7, 11) is 0. The zero-order chi connectivity index (χ0) is 30.3. The molecule has 5 nitrogen and oxygen atoms in total. The van der Waals surface area contributed by atoms with E-state index in [2.05, 4.69) is 76.1 Å². The summed E-state index contributed by atoms with van der Waals surface area (Å²) in [4.78, 5) is 3.68. The molecular weight excluding hydrogens is 556 g/mol. The zero-order valence-corrected chi connectivity index (χ0v) is 24.7.